The van der Waals surface area contributed by atoms with Crippen molar-refractivity contribution in [2.24, 2.45) is 5.73 Å². The standard InChI is InChI=1S/C21H19N5O2/c22-17(21(27)28)10-14-6-8-16(9-7-14)18-19-20(24-12-23-18)26(13-25-19)11-15-4-2-1-3-5-15/h1-9,12-13,17H,10-11,22H2,(H,27,28). The molecule has 140 valence electrons. The van der Waals surface area contributed by atoms with E-state index >= 15 is 0 Å². The van der Waals surface area contributed by atoms with Gasteiger partial charge in [0.1, 0.15) is 23.6 Å². The summed E-state index contributed by atoms with van der Waals surface area (Å²) in [7, 11) is 0. The number of nitrogens with two attached hydrogens (primary N) is 1. The number of hydrogen-bond acceptors (Lipinski definition) is 5. The molecule has 0 radical (unpaired) electrons. The fourth-order valence-electron chi connectivity index (χ4n) is 3.13. The molecule has 0 aliphatic rings. The van der Waals surface area contributed by atoms with Gasteiger partial charge in [0.15, 0.2) is 5.65 Å². The average Bonchev–Trinajstić information content (AvgIpc) is 3.12. The van der Waals surface area contributed by atoms with Crippen molar-refractivity contribution in [2.45, 2.75) is 19.0 Å². The first-order valence-electron chi connectivity index (χ1n) is 8.89. The quantitative estimate of drug-likeness (QED) is 0.538. The van der Waals surface area contributed by atoms with Gasteiger partial charge in [-0.25, -0.2) is 15.0 Å². The van der Waals surface area contributed by atoms with Crippen LogP contribution in [0.3, 0.4) is 0 Å². The Morgan fingerprint density at radius 3 is 2.46 bits per heavy atom. The van der Waals surface area contributed by atoms with E-state index in [2.05, 4.69) is 27.1 Å². The lowest BCUT2D eigenvalue weighted by molar-refractivity contribution is -0.138. The number of fused-ring (bicyclic) bond motifs is 1. The van der Waals surface area contributed by atoms with Crippen LogP contribution in [-0.2, 0) is 17.8 Å². The first kappa shape index (κ1) is 17.8. The van der Waals surface area contributed by atoms with Crippen molar-refractivity contribution in [3.63, 3.8) is 0 Å². The maximum absolute atomic E-state index is 10.9. The van der Waals surface area contributed by atoms with E-state index in [1.165, 1.54) is 11.9 Å². The van der Waals surface area contributed by atoms with Gasteiger partial charge in [-0.05, 0) is 17.5 Å². The normalized spacial score (nSPS) is 12.2. The zero-order chi connectivity index (χ0) is 19.5. The minimum Gasteiger partial charge on any atom is -0.480 e. The Labute approximate surface area is 161 Å². The van der Waals surface area contributed by atoms with E-state index in [-0.39, 0.29) is 6.42 Å². The molecule has 7 heteroatoms. The highest BCUT2D eigenvalue weighted by Crippen LogP contribution is 2.25. The number of carbonyl (C=O) groups is 1. The first-order valence-corrected chi connectivity index (χ1v) is 8.89. The Morgan fingerprint density at radius 2 is 1.75 bits per heavy atom. The number of aromatic nitrogens is 4. The van der Waals surface area contributed by atoms with Crippen molar-refractivity contribution in [1.82, 2.24) is 19.5 Å². The van der Waals surface area contributed by atoms with Crippen LogP contribution in [0.4, 0.5) is 0 Å². The number of benzene rings is 2. The molecular formula is C21H19N5O2. The number of aliphatic carboxylic acids is 1. The van der Waals surface area contributed by atoms with Crippen LogP contribution in [0, 0.1) is 0 Å². The Hall–Kier alpha value is -3.58. The van der Waals surface area contributed by atoms with Crippen LogP contribution in [0.25, 0.3) is 22.4 Å². The SMILES string of the molecule is NC(Cc1ccc(-c2ncnc3c2ncn3Cc2ccccc2)cc1)C(=O)O. The third kappa shape index (κ3) is 3.60. The van der Waals surface area contributed by atoms with Crippen LogP contribution in [0.15, 0.2) is 67.3 Å². The Bertz CT molecular complexity index is 1110. The van der Waals surface area contributed by atoms with Crippen molar-refractivity contribution in [2.75, 3.05) is 0 Å². The molecule has 2 aromatic carbocycles. The molecule has 2 heterocycles. The topological polar surface area (TPSA) is 107 Å². The van der Waals surface area contributed by atoms with Gasteiger partial charge in [0.25, 0.3) is 0 Å². The molecule has 0 saturated carbocycles. The highest BCUT2D eigenvalue weighted by atomic mass is 16.4. The average molecular weight is 373 g/mol. The van der Waals surface area contributed by atoms with Crippen molar-refractivity contribution in [3.8, 4) is 11.3 Å². The lowest BCUT2D eigenvalue weighted by atomic mass is 10.0. The summed E-state index contributed by atoms with van der Waals surface area (Å²) in [6.07, 6.45) is 3.59. The molecule has 4 aromatic rings. The summed E-state index contributed by atoms with van der Waals surface area (Å²) >= 11 is 0. The zero-order valence-corrected chi connectivity index (χ0v) is 15.1. The highest BCUT2D eigenvalue weighted by molar-refractivity contribution is 5.87. The fraction of sp³-hybridized carbons (Fsp3) is 0.143. The number of rotatable bonds is 6. The minimum absolute atomic E-state index is 0.278. The van der Waals surface area contributed by atoms with E-state index in [1.807, 2.05) is 47.0 Å². The number of nitrogens with zero attached hydrogens (tertiary/aromatic N) is 4. The van der Waals surface area contributed by atoms with Crippen molar-refractivity contribution < 1.29 is 9.90 Å². The van der Waals surface area contributed by atoms with Gasteiger partial charge in [-0.1, -0.05) is 54.6 Å². The van der Waals surface area contributed by atoms with E-state index in [4.69, 9.17) is 10.8 Å². The van der Waals surface area contributed by atoms with Gasteiger partial charge in [0.2, 0.25) is 0 Å². The molecule has 0 aliphatic carbocycles. The summed E-state index contributed by atoms with van der Waals surface area (Å²) in [5, 5.41) is 8.95. The number of carboxylic acids is 1. The van der Waals surface area contributed by atoms with E-state index in [0.717, 1.165) is 28.0 Å². The molecule has 0 spiro atoms. The zero-order valence-electron chi connectivity index (χ0n) is 15.1. The van der Waals surface area contributed by atoms with Gasteiger partial charge in [0.05, 0.1) is 12.9 Å². The Kier molecular flexibility index (Phi) is 4.82. The monoisotopic (exact) mass is 373 g/mol. The van der Waals surface area contributed by atoms with Gasteiger partial charge >= 0.3 is 5.97 Å². The van der Waals surface area contributed by atoms with E-state index in [0.29, 0.717) is 6.54 Å². The number of imidazole rings is 1. The molecule has 28 heavy (non-hydrogen) atoms. The predicted octanol–water partition coefficient (Wildman–Crippen LogP) is 2.50. The lowest BCUT2D eigenvalue weighted by Gasteiger charge is -2.08. The highest BCUT2D eigenvalue weighted by Gasteiger charge is 2.14. The molecule has 0 fully saturated rings. The minimum atomic E-state index is -1.01. The van der Waals surface area contributed by atoms with Crippen LogP contribution in [0.2, 0.25) is 0 Å². The number of carboxylic acid groups (broad SMARTS) is 1. The third-order valence-corrected chi connectivity index (χ3v) is 4.60. The molecule has 7 nitrogen and oxygen atoms in total. The summed E-state index contributed by atoms with van der Waals surface area (Å²) in [6, 6.07) is 16.8. The van der Waals surface area contributed by atoms with E-state index in [1.54, 1.807) is 6.33 Å². The molecule has 1 atom stereocenters. The molecule has 0 bridgehead atoms. The van der Waals surface area contributed by atoms with Gasteiger partial charge in [-0.15, -0.1) is 0 Å². The summed E-state index contributed by atoms with van der Waals surface area (Å²) in [5.74, 6) is -1.01. The summed E-state index contributed by atoms with van der Waals surface area (Å²) in [4.78, 5) is 24.3. The lowest BCUT2D eigenvalue weighted by Crippen LogP contribution is -2.32. The molecule has 0 saturated heterocycles. The third-order valence-electron chi connectivity index (χ3n) is 4.60. The van der Waals surface area contributed by atoms with Crippen LogP contribution in [-0.4, -0.2) is 36.6 Å². The second kappa shape index (κ2) is 7.58. The second-order valence-corrected chi connectivity index (χ2v) is 6.60. The van der Waals surface area contributed by atoms with Crippen molar-refractivity contribution in [3.05, 3.63) is 78.4 Å². The molecule has 3 N–H and O–H groups in total. The smallest absolute Gasteiger partial charge is 0.320 e. The van der Waals surface area contributed by atoms with Crippen molar-refractivity contribution in [1.29, 1.82) is 0 Å². The van der Waals surface area contributed by atoms with E-state index < -0.39 is 12.0 Å². The van der Waals surface area contributed by atoms with Gasteiger partial charge in [-0.3, -0.25) is 4.79 Å². The number of hydrogen-bond donors (Lipinski definition) is 2. The maximum Gasteiger partial charge on any atom is 0.320 e. The maximum atomic E-state index is 10.9. The van der Waals surface area contributed by atoms with Crippen LogP contribution in [0.1, 0.15) is 11.1 Å². The second-order valence-electron chi connectivity index (χ2n) is 6.60. The molecule has 2 aromatic heterocycles. The predicted molar refractivity (Wildman–Crippen MR) is 106 cm³/mol. The summed E-state index contributed by atoms with van der Waals surface area (Å²) < 4.78 is 2.00. The fourth-order valence-corrected chi connectivity index (χ4v) is 3.13. The molecule has 0 aliphatic heterocycles. The van der Waals surface area contributed by atoms with Crippen LogP contribution >= 0.6 is 0 Å². The Morgan fingerprint density at radius 1 is 1.00 bits per heavy atom. The molecular weight excluding hydrogens is 354 g/mol. The van der Waals surface area contributed by atoms with Crippen LogP contribution < -0.4 is 5.73 Å². The van der Waals surface area contributed by atoms with Crippen molar-refractivity contribution >= 4 is 17.1 Å². The Balaban J connectivity index is 1.63. The van der Waals surface area contributed by atoms with Gasteiger partial charge in [-0.2, -0.15) is 0 Å². The molecule has 1 unspecified atom stereocenters. The molecule has 0 amide bonds. The van der Waals surface area contributed by atoms with Gasteiger partial charge in [0, 0.05) is 5.56 Å². The van der Waals surface area contributed by atoms with Crippen LogP contribution in [0.5, 0.6) is 0 Å². The first-order chi connectivity index (χ1) is 13.6. The largest absolute Gasteiger partial charge is 0.480 e. The summed E-state index contributed by atoms with van der Waals surface area (Å²) in [5.41, 5.74) is 10.8. The summed E-state index contributed by atoms with van der Waals surface area (Å²) in [6.45, 7) is 0.680. The van der Waals surface area contributed by atoms with E-state index in [9.17, 15) is 4.79 Å². The van der Waals surface area contributed by atoms with Gasteiger partial charge < -0.3 is 15.4 Å². The molecule has 4 rings (SSSR count).